The van der Waals surface area contributed by atoms with Gasteiger partial charge in [0.2, 0.25) is 0 Å². The Bertz CT molecular complexity index is 1080. The van der Waals surface area contributed by atoms with Crippen molar-refractivity contribution in [3.05, 3.63) is 76.6 Å². The van der Waals surface area contributed by atoms with Gasteiger partial charge in [0.25, 0.3) is 11.5 Å². The maximum absolute atomic E-state index is 13.0. The molecule has 0 atom stereocenters. The smallest absolute Gasteiger partial charge is 0.258 e. The minimum Gasteiger partial charge on any atom is -0.493 e. The van der Waals surface area contributed by atoms with Crippen molar-refractivity contribution in [3.63, 3.8) is 0 Å². The summed E-state index contributed by atoms with van der Waals surface area (Å²) in [5, 5.41) is 2.70. The third kappa shape index (κ3) is 5.44. The molecule has 1 N–H and O–H groups in total. The molecule has 7 nitrogen and oxygen atoms in total. The topological polar surface area (TPSA) is 82.4 Å². The summed E-state index contributed by atoms with van der Waals surface area (Å²) >= 11 is 0. The van der Waals surface area contributed by atoms with Gasteiger partial charge in [-0.1, -0.05) is 6.07 Å². The molecular formula is C22H22FN3O4. The molecule has 0 bridgehead atoms. The van der Waals surface area contributed by atoms with Crippen LogP contribution in [0, 0.1) is 12.7 Å². The Morgan fingerprint density at radius 1 is 1.13 bits per heavy atom. The number of benzene rings is 2. The van der Waals surface area contributed by atoms with Crippen LogP contribution >= 0.6 is 0 Å². The van der Waals surface area contributed by atoms with Crippen molar-refractivity contribution in [3.8, 4) is 22.8 Å². The molecule has 3 aromatic rings. The van der Waals surface area contributed by atoms with E-state index >= 15 is 0 Å². The average molecular weight is 411 g/mol. The van der Waals surface area contributed by atoms with E-state index in [9.17, 15) is 14.0 Å². The first-order valence-electron chi connectivity index (χ1n) is 9.33. The molecule has 0 fully saturated rings. The summed E-state index contributed by atoms with van der Waals surface area (Å²) in [6.07, 6.45) is 1.40. The summed E-state index contributed by atoms with van der Waals surface area (Å²) in [7, 11) is 1.54. The van der Waals surface area contributed by atoms with Gasteiger partial charge in [-0.25, -0.2) is 9.37 Å². The molecule has 0 aliphatic heterocycles. The molecule has 30 heavy (non-hydrogen) atoms. The van der Waals surface area contributed by atoms with Gasteiger partial charge in [0.15, 0.2) is 18.1 Å². The van der Waals surface area contributed by atoms with E-state index in [1.165, 1.54) is 36.2 Å². The first kappa shape index (κ1) is 21.0. The van der Waals surface area contributed by atoms with Crippen molar-refractivity contribution in [1.82, 2.24) is 14.9 Å². The molecule has 0 aliphatic rings. The third-order valence-corrected chi connectivity index (χ3v) is 4.37. The highest BCUT2D eigenvalue weighted by Crippen LogP contribution is 2.27. The van der Waals surface area contributed by atoms with E-state index < -0.39 is 0 Å². The number of hydrogen-bond donors (Lipinski definition) is 1. The summed E-state index contributed by atoms with van der Waals surface area (Å²) in [6.45, 7) is 2.26. The lowest BCUT2D eigenvalue weighted by atomic mass is 10.1. The van der Waals surface area contributed by atoms with Gasteiger partial charge in [-0.3, -0.25) is 14.2 Å². The first-order chi connectivity index (χ1) is 14.5. The molecule has 0 spiro atoms. The van der Waals surface area contributed by atoms with E-state index in [0.29, 0.717) is 22.8 Å². The fraction of sp³-hybridized carbons (Fsp3) is 0.227. The van der Waals surface area contributed by atoms with Crippen LogP contribution in [0.25, 0.3) is 11.3 Å². The van der Waals surface area contributed by atoms with Crippen molar-refractivity contribution >= 4 is 5.91 Å². The summed E-state index contributed by atoms with van der Waals surface area (Å²) < 4.78 is 25.1. The standard InChI is InChI=1S/C22H22FN3O4/c1-15-3-8-19(20(11-15)29-2)30-13-21(27)24-9-10-26-14-25-18(12-22(26)28)16-4-6-17(23)7-5-16/h3-8,11-12,14H,9-10,13H2,1-2H3,(H,24,27). The van der Waals surface area contributed by atoms with Crippen LogP contribution in [0.2, 0.25) is 0 Å². The Hall–Kier alpha value is -3.68. The molecule has 2 aromatic carbocycles. The van der Waals surface area contributed by atoms with E-state index in [1.54, 1.807) is 18.2 Å². The molecule has 0 radical (unpaired) electrons. The van der Waals surface area contributed by atoms with Gasteiger partial charge in [0.05, 0.1) is 19.1 Å². The number of halogens is 1. The largest absolute Gasteiger partial charge is 0.493 e. The van der Waals surface area contributed by atoms with Crippen LogP contribution in [0.1, 0.15) is 5.56 Å². The van der Waals surface area contributed by atoms with Crippen LogP contribution in [-0.4, -0.2) is 35.7 Å². The molecule has 1 aromatic heterocycles. The van der Waals surface area contributed by atoms with Crippen molar-refractivity contribution in [2.24, 2.45) is 0 Å². The summed E-state index contributed by atoms with van der Waals surface area (Å²) in [6, 6.07) is 12.6. The SMILES string of the molecule is COc1cc(C)ccc1OCC(=O)NCCn1cnc(-c2ccc(F)cc2)cc1=O. The van der Waals surface area contributed by atoms with Crippen molar-refractivity contribution in [2.45, 2.75) is 13.5 Å². The normalized spacial score (nSPS) is 10.5. The summed E-state index contributed by atoms with van der Waals surface area (Å²) in [4.78, 5) is 28.5. The number of nitrogens with one attached hydrogen (secondary N) is 1. The first-order valence-corrected chi connectivity index (χ1v) is 9.33. The highest BCUT2D eigenvalue weighted by Gasteiger charge is 2.08. The van der Waals surface area contributed by atoms with Crippen molar-refractivity contribution < 1.29 is 18.7 Å². The molecule has 0 unspecified atom stereocenters. The molecule has 0 aliphatic carbocycles. The Balaban J connectivity index is 1.50. The van der Waals surface area contributed by atoms with Crippen LogP contribution in [0.15, 0.2) is 59.7 Å². The lowest BCUT2D eigenvalue weighted by Gasteiger charge is -2.12. The minimum atomic E-state index is -0.354. The van der Waals surface area contributed by atoms with Gasteiger partial charge in [0.1, 0.15) is 5.82 Å². The number of carbonyl (C=O) groups is 1. The second-order valence-electron chi connectivity index (χ2n) is 6.61. The molecule has 8 heteroatoms. The predicted molar refractivity (Wildman–Crippen MR) is 110 cm³/mol. The third-order valence-electron chi connectivity index (χ3n) is 4.37. The zero-order chi connectivity index (χ0) is 21.5. The number of methoxy groups -OCH3 is 1. The molecule has 0 saturated heterocycles. The van der Waals surface area contributed by atoms with Gasteiger partial charge in [-0.15, -0.1) is 0 Å². The number of amides is 1. The molecule has 0 saturated carbocycles. The van der Waals surface area contributed by atoms with Crippen molar-refractivity contribution in [2.75, 3.05) is 20.3 Å². The van der Waals surface area contributed by atoms with Crippen LogP contribution < -0.4 is 20.3 Å². The van der Waals surface area contributed by atoms with Gasteiger partial charge in [-0.05, 0) is 48.9 Å². The molecular weight excluding hydrogens is 389 g/mol. The molecule has 3 rings (SSSR count). The zero-order valence-electron chi connectivity index (χ0n) is 16.7. The second-order valence-corrected chi connectivity index (χ2v) is 6.61. The monoisotopic (exact) mass is 411 g/mol. The molecule has 1 amide bonds. The number of aromatic nitrogens is 2. The Kier molecular flexibility index (Phi) is 6.79. The van der Waals surface area contributed by atoms with Crippen molar-refractivity contribution in [1.29, 1.82) is 0 Å². The van der Waals surface area contributed by atoms with E-state index in [1.807, 2.05) is 19.1 Å². The molecule has 1 heterocycles. The highest BCUT2D eigenvalue weighted by molar-refractivity contribution is 5.77. The van der Waals surface area contributed by atoms with Crippen LogP contribution in [-0.2, 0) is 11.3 Å². The number of rotatable bonds is 8. The predicted octanol–water partition coefficient (Wildman–Crippen LogP) is 2.56. The zero-order valence-corrected chi connectivity index (χ0v) is 16.7. The molecule has 156 valence electrons. The lowest BCUT2D eigenvalue weighted by molar-refractivity contribution is -0.123. The van der Waals surface area contributed by atoms with E-state index in [-0.39, 0.29) is 37.0 Å². The number of hydrogen-bond acceptors (Lipinski definition) is 5. The average Bonchev–Trinajstić information content (AvgIpc) is 2.74. The Labute approximate surface area is 173 Å². The second kappa shape index (κ2) is 9.69. The van der Waals surface area contributed by atoms with Crippen LogP contribution in [0.4, 0.5) is 4.39 Å². The quantitative estimate of drug-likeness (QED) is 0.616. The van der Waals surface area contributed by atoms with Gasteiger partial charge >= 0.3 is 0 Å². The van der Waals surface area contributed by atoms with Crippen LogP contribution in [0.3, 0.4) is 0 Å². The maximum atomic E-state index is 13.0. The van der Waals surface area contributed by atoms with Gasteiger partial charge in [-0.2, -0.15) is 0 Å². The van der Waals surface area contributed by atoms with E-state index in [2.05, 4.69) is 10.3 Å². The number of carbonyl (C=O) groups excluding carboxylic acids is 1. The Morgan fingerprint density at radius 3 is 2.60 bits per heavy atom. The summed E-state index contributed by atoms with van der Waals surface area (Å²) in [5.74, 6) is 0.367. The number of ether oxygens (including phenoxy) is 2. The van der Waals surface area contributed by atoms with E-state index in [4.69, 9.17) is 9.47 Å². The maximum Gasteiger partial charge on any atom is 0.258 e. The summed E-state index contributed by atoms with van der Waals surface area (Å²) in [5.41, 5.74) is 1.87. The van der Waals surface area contributed by atoms with Gasteiger partial charge < -0.3 is 14.8 Å². The number of aryl methyl sites for hydroxylation is 1. The Morgan fingerprint density at radius 2 is 1.90 bits per heavy atom. The fourth-order valence-electron chi connectivity index (χ4n) is 2.78. The van der Waals surface area contributed by atoms with Gasteiger partial charge in [0, 0.05) is 24.7 Å². The highest BCUT2D eigenvalue weighted by atomic mass is 19.1. The number of nitrogens with zero attached hydrogens (tertiary/aromatic N) is 2. The minimum absolute atomic E-state index is 0.171. The lowest BCUT2D eigenvalue weighted by Crippen LogP contribution is -2.33. The van der Waals surface area contributed by atoms with Crippen LogP contribution in [0.5, 0.6) is 11.5 Å². The van der Waals surface area contributed by atoms with E-state index in [0.717, 1.165) is 5.56 Å². The fourth-order valence-corrected chi connectivity index (χ4v) is 2.78.